The van der Waals surface area contributed by atoms with Crippen LogP contribution in [-0.4, -0.2) is 17.4 Å². The molecule has 1 N–H and O–H groups in total. The number of halogens is 2. The summed E-state index contributed by atoms with van der Waals surface area (Å²) in [7, 11) is 0. The summed E-state index contributed by atoms with van der Waals surface area (Å²) in [5, 5.41) is 13.5. The van der Waals surface area contributed by atoms with E-state index in [1.165, 1.54) is 0 Å². The Morgan fingerprint density at radius 3 is 2.43 bits per heavy atom. The molecule has 116 valence electrons. The highest BCUT2D eigenvalue weighted by Crippen LogP contribution is 2.31. The summed E-state index contributed by atoms with van der Waals surface area (Å²) in [6, 6.07) is 2.25. The van der Waals surface area contributed by atoms with Crippen LogP contribution in [0, 0.1) is 21.4 Å². The first-order valence-electron chi connectivity index (χ1n) is 6.45. The molecule has 0 bridgehead atoms. The predicted molar refractivity (Wildman–Crippen MR) is 84.1 cm³/mol. The quantitative estimate of drug-likeness (QED) is 0.659. The maximum absolute atomic E-state index is 12.1. The Balaban J connectivity index is 2.95. The molecule has 5 nitrogen and oxygen atoms in total. The predicted octanol–water partition coefficient (Wildman–Crippen LogP) is 4.31. The van der Waals surface area contributed by atoms with E-state index in [1.807, 2.05) is 6.92 Å². The standard InChI is InChI=1S/C14H18Cl2N2O3/c1-8(14(2,3)4)7-17-13(19)10-5-9(18(20)21)6-11(15)12(10)16/h5-6,8H,7H2,1-4H3,(H,17,19). The Labute approximate surface area is 133 Å². The molecule has 0 aliphatic rings. The van der Waals surface area contributed by atoms with E-state index in [1.54, 1.807) is 0 Å². The van der Waals surface area contributed by atoms with Crippen molar-refractivity contribution in [2.45, 2.75) is 27.7 Å². The van der Waals surface area contributed by atoms with Crippen LogP contribution in [0.25, 0.3) is 0 Å². The zero-order chi connectivity index (χ0) is 16.4. The molecule has 0 radical (unpaired) electrons. The Morgan fingerprint density at radius 1 is 1.38 bits per heavy atom. The third-order valence-electron chi connectivity index (χ3n) is 3.52. The van der Waals surface area contributed by atoms with E-state index in [-0.39, 0.29) is 32.6 Å². The van der Waals surface area contributed by atoms with Crippen molar-refractivity contribution in [1.29, 1.82) is 0 Å². The average Bonchev–Trinajstić information content (AvgIpc) is 2.37. The number of nitro benzene ring substituents is 1. The van der Waals surface area contributed by atoms with Gasteiger partial charge in [-0.1, -0.05) is 50.9 Å². The number of rotatable bonds is 4. The molecule has 0 saturated heterocycles. The van der Waals surface area contributed by atoms with Crippen molar-refractivity contribution < 1.29 is 9.72 Å². The lowest BCUT2D eigenvalue weighted by Crippen LogP contribution is -2.33. The van der Waals surface area contributed by atoms with E-state index in [0.29, 0.717) is 6.54 Å². The van der Waals surface area contributed by atoms with Gasteiger partial charge in [-0.3, -0.25) is 14.9 Å². The molecule has 0 saturated carbocycles. The zero-order valence-electron chi connectivity index (χ0n) is 12.4. The largest absolute Gasteiger partial charge is 0.352 e. The van der Waals surface area contributed by atoms with Gasteiger partial charge in [-0.25, -0.2) is 0 Å². The van der Waals surface area contributed by atoms with Gasteiger partial charge < -0.3 is 5.32 Å². The third kappa shape index (κ3) is 4.58. The molecule has 1 amide bonds. The smallest absolute Gasteiger partial charge is 0.271 e. The summed E-state index contributed by atoms with van der Waals surface area (Å²) in [5.41, 5.74) is -0.215. The van der Waals surface area contributed by atoms with Gasteiger partial charge in [0.05, 0.1) is 20.5 Å². The SMILES string of the molecule is CC(CNC(=O)c1cc([N+](=O)[O-])cc(Cl)c1Cl)C(C)(C)C. The molecule has 0 aliphatic heterocycles. The van der Waals surface area contributed by atoms with Crippen molar-refractivity contribution in [3.8, 4) is 0 Å². The first-order valence-corrected chi connectivity index (χ1v) is 7.21. The normalized spacial score (nSPS) is 12.9. The maximum Gasteiger partial charge on any atom is 0.271 e. The van der Waals surface area contributed by atoms with E-state index in [9.17, 15) is 14.9 Å². The van der Waals surface area contributed by atoms with E-state index >= 15 is 0 Å². The first-order chi connectivity index (χ1) is 9.54. The zero-order valence-corrected chi connectivity index (χ0v) is 13.9. The van der Waals surface area contributed by atoms with Crippen LogP contribution in [0.4, 0.5) is 5.69 Å². The van der Waals surface area contributed by atoms with Gasteiger partial charge in [-0.15, -0.1) is 0 Å². The number of carbonyl (C=O) groups is 1. The molecule has 1 unspecified atom stereocenters. The Morgan fingerprint density at radius 2 is 1.95 bits per heavy atom. The highest BCUT2D eigenvalue weighted by Gasteiger charge is 2.23. The number of amides is 1. The number of nitro groups is 1. The van der Waals surface area contributed by atoms with Crippen LogP contribution in [0.15, 0.2) is 12.1 Å². The minimum atomic E-state index is -0.614. The lowest BCUT2D eigenvalue weighted by molar-refractivity contribution is -0.384. The van der Waals surface area contributed by atoms with Crippen LogP contribution in [0.2, 0.25) is 10.0 Å². The summed E-state index contributed by atoms with van der Waals surface area (Å²) in [6.45, 7) is 8.67. The highest BCUT2D eigenvalue weighted by atomic mass is 35.5. The molecule has 7 heteroatoms. The van der Waals surface area contributed by atoms with E-state index < -0.39 is 10.8 Å². The van der Waals surface area contributed by atoms with Gasteiger partial charge in [-0.05, 0) is 11.3 Å². The lowest BCUT2D eigenvalue weighted by atomic mass is 9.82. The van der Waals surface area contributed by atoms with Gasteiger partial charge in [0.1, 0.15) is 0 Å². The van der Waals surface area contributed by atoms with Crippen LogP contribution >= 0.6 is 23.2 Å². The fraction of sp³-hybridized carbons (Fsp3) is 0.500. The van der Waals surface area contributed by atoms with Crippen LogP contribution in [0.1, 0.15) is 38.1 Å². The minimum absolute atomic E-state index is 0.0111. The van der Waals surface area contributed by atoms with Crippen LogP contribution < -0.4 is 5.32 Å². The summed E-state index contributed by atoms with van der Waals surface area (Å²) in [6.07, 6.45) is 0. The van der Waals surface area contributed by atoms with Gasteiger partial charge in [0.2, 0.25) is 0 Å². The molecule has 1 rings (SSSR count). The molecule has 0 fully saturated rings. The van der Waals surface area contributed by atoms with Crippen molar-refractivity contribution in [3.05, 3.63) is 37.9 Å². The van der Waals surface area contributed by atoms with E-state index in [4.69, 9.17) is 23.2 Å². The number of benzene rings is 1. The van der Waals surface area contributed by atoms with Crippen LogP contribution in [0.3, 0.4) is 0 Å². The molecular formula is C14H18Cl2N2O3. The Hall–Kier alpha value is -1.33. The number of nitrogens with one attached hydrogen (secondary N) is 1. The van der Waals surface area contributed by atoms with Crippen molar-refractivity contribution in [1.82, 2.24) is 5.32 Å². The van der Waals surface area contributed by atoms with Crippen LogP contribution in [0.5, 0.6) is 0 Å². The van der Waals surface area contributed by atoms with Gasteiger partial charge >= 0.3 is 0 Å². The third-order valence-corrected chi connectivity index (χ3v) is 4.32. The molecule has 1 aromatic rings. The fourth-order valence-electron chi connectivity index (χ4n) is 1.49. The molecule has 0 aromatic heterocycles. The average molecular weight is 333 g/mol. The maximum atomic E-state index is 12.1. The topological polar surface area (TPSA) is 72.2 Å². The summed E-state index contributed by atoms with van der Waals surface area (Å²) in [4.78, 5) is 22.3. The highest BCUT2D eigenvalue weighted by molar-refractivity contribution is 6.44. The summed E-state index contributed by atoms with van der Waals surface area (Å²) in [5.74, 6) is -0.240. The minimum Gasteiger partial charge on any atom is -0.352 e. The van der Waals surface area contributed by atoms with Crippen molar-refractivity contribution in [2.75, 3.05) is 6.54 Å². The molecule has 1 atom stereocenters. The molecule has 0 heterocycles. The number of carbonyl (C=O) groups excluding carboxylic acids is 1. The van der Waals surface area contributed by atoms with Gasteiger partial charge in [0, 0.05) is 18.7 Å². The second kappa shape index (κ2) is 6.62. The lowest BCUT2D eigenvalue weighted by Gasteiger charge is -2.27. The second-order valence-corrected chi connectivity index (χ2v) is 6.81. The van der Waals surface area contributed by atoms with E-state index in [2.05, 4.69) is 26.1 Å². The van der Waals surface area contributed by atoms with E-state index in [0.717, 1.165) is 12.1 Å². The molecule has 21 heavy (non-hydrogen) atoms. The van der Waals surface area contributed by atoms with Crippen molar-refractivity contribution in [3.63, 3.8) is 0 Å². The summed E-state index contributed by atoms with van der Waals surface area (Å²) >= 11 is 11.8. The number of hydrogen-bond acceptors (Lipinski definition) is 3. The number of hydrogen-bond donors (Lipinski definition) is 1. The van der Waals surface area contributed by atoms with Crippen molar-refractivity contribution >= 4 is 34.8 Å². The first kappa shape index (κ1) is 17.7. The van der Waals surface area contributed by atoms with Crippen LogP contribution in [-0.2, 0) is 0 Å². The fourth-order valence-corrected chi connectivity index (χ4v) is 1.90. The monoisotopic (exact) mass is 332 g/mol. The molecule has 1 aromatic carbocycles. The molecule has 0 aliphatic carbocycles. The number of nitrogens with zero attached hydrogens (tertiary/aromatic N) is 1. The van der Waals surface area contributed by atoms with Gasteiger partial charge in [0.25, 0.3) is 11.6 Å². The molecule has 0 spiro atoms. The number of non-ortho nitro benzene ring substituents is 1. The second-order valence-electron chi connectivity index (χ2n) is 6.02. The van der Waals surface area contributed by atoms with Gasteiger partial charge in [0.15, 0.2) is 0 Å². The Bertz CT molecular complexity index is 568. The van der Waals surface area contributed by atoms with Gasteiger partial charge in [-0.2, -0.15) is 0 Å². The molecular weight excluding hydrogens is 315 g/mol. The summed E-state index contributed by atoms with van der Waals surface area (Å²) < 4.78 is 0. The van der Waals surface area contributed by atoms with Crippen molar-refractivity contribution in [2.24, 2.45) is 11.3 Å². The Kier molecular flexibility index (Phi) is 5.59.